The second-order valence-electron chi connectivity index (χ2n) is 2.88. The highest BCUT2D eigenvalue weighted by molar-refractivity contribution is 5.55. The fourth-order valence-corrected chi connectivity index (χ4v) is 1.13. The monoisotopic (exact) mass is 209 g/mol. The van der Waals surface area contributed by atoms with Gasteiger partial charge in [-0.1, -0.05) is 5.92 Å². The van der Waals surface area contributed by atoms with Gasteiger partial charge in [0.05, 0.1) is 0 Å². The zero-order valence-electron chi connectivity index (χ0n) is 8.15. The van der Waals surface area contributed by atoms with Crippen LogP contribution in [0.4, 0.5) is 5.69 Å². The summed E-state index contributed by atoms with van der Waals surface area (Å²) in [6.07, 6.45) is 5.01. The molecule has 80 valence electrons. The molecule has 0 radical (unpaired) electrons. The lowest BCUT2D eigenvalue weighted by atomic mass is 10.1. The largest absolute Gasteiger partial charge is 0.595 e. The van der Waals surface area contributed by atoms with E-state index < -0.39 is 5.23 Å². The SMILES string of the molecule is C#CCOc1ccc([NH+]([O-])O)c(O)c1C. The van der Waals surface area contributed by atoms with Gasteiger partial charge in [-0.2, -0.15) is 5.23 Å². The van der Waals surface area contributed by atoms with Crippen molar-refractivity contribution in [3.8, 4) is 23.8 Å². The Kier molecular flexibility index (Phi) is 3.52. The molecule has 0 fully saturated rings. The van der Waals surface area contributed by atoms with Gasteiger partial charge < -0.3 is 15.1 Å². The van der Waals surface area contributed by atoms with Crippen LogP contribution in [0.15, 0.2) is 12.1 Å². The molecule has 0 aliphatic carbocycles. The maximum atomic E-state index is 10.7. The van der Waals surface area contributed by atoms with Gasteiger partial charge in [-0.3, -0.25) is 0 Å². The van der Waals surface area contributed by atoms with Gasteiger partial charge in [0.25, 0.3) is 0 Å². The summed E-state index contributed by atoms with van der Waals surface area (Å²) in [5.41, 5.74) is 0.214. The van der Waals surface area contributed by atoms with E-state index in [1.807, 2.05) is 0 Å². The summed E-state index contributed by atoms with van der Waals surface area (Å²) in [5, 5.41) is 27.7. The van der Waals surface area contributed by atoms with E-state index in [9.17, 15) is 10.3 Å². The summed E-state index contributed by atoms with van der Waals surface area (Å²) in [4.78, 5) is 0. The van der Waals surface area contributed by atoms with Crippen LogP contribution < -0.4 is 9.96 Å². The number of phenols is 1. The zero-order chi connectivity index (χ0) is 11.4. The molecule has 15 heavy (non-hydrogen) atoms. The molecule has 1 atom stereocenters. The Balaban J connectivity index is 3.05. The van der Waals surface area contributed by atoms with Gasteiger partial charge in [0, 0.05) is 11.6 Å². The average Bonchev–Trinajstić information content (AvgIpc) is 2.20. The quantitative estimate of drug-likeness (QED) is 0.375. The van der Waals surface area contributed by atoms with Crippen molar-refractivity contribution in [2.24, 2.45) is 0 Å². The molecule has 0 saturated heterocycles. The summed E-state index contributed by atoms with van der Waals surface area (Å²) >= 11 is 0. The van der Waals surface area contributed by atoms with Crippen molar-refractivity contribution in [3.63, 3.8) is 0 Å². The maximum absolute atomic E-state index is 10.7. The Morgan fingerprint density at radius 3 is 2.80 bits per heavy atom. The Hall–Kier alpha value is -1.74. The van der Waals surface area contributed by atoms with Gasteiger partial charge in [-0.05, 0) is 13.0 Å². The molecular formula is C10H11NO4. The minimum absolute atomic E-state index is 0.0761. The molecule has 1 unspecified atom stereocenters. The van der Waals surface area contributed by atoms with E-state index in [1.165, 1.54) is 12.1 Å². The number of hydrogen-bond donors (Lipinski definition) is 3. The standard InChI is InChI=1S/C10H11NO4/c1-3-6-15-9-5-4-8(11(13)14)10(12)7(9)2/h1,4-5,11-13H,6H2,2H3. The minimum Gasteiger partial charge on any atom is -0.595 e. The molecule has 0 aromatic heterocycles. The first kappa shape index (κ1) is 11.3. The van der Waals surface area contributed by atoms with Crippen molar-refractivity contribution >= 4 is 5.69 Å². The number of quaternary nitrogens is 1. The van der Waals surface area contributed by atoms with Gasteiger partial charge in [0.2, 0.25) is 5.69 Å². The smallest absolute Gasteiger partial charge is 0.206 e. The van der Waals surface area contributed by atoms with Crippen molar-refractivity contribution in [2.45, 2.75) is 6.92 Å². The van der Waals surface area contributed by atoms with Gasteiger partial charge >= 0.3 is 0 Å². The summed E-state index contributed by atoms with van der Waals surface area (Å²) in [6, 6.07) is 2.74. The first-order chi connectivity index (χ1) is 7.07. The summed E-state index contributed by atoms with van der Waals surface area (Å²) in [7, 11) is 0. The predicted molar refractivity (Wildman–Crippen MR) is 52.9 cm³/mol. The third kappa shape index (κ3) is 2.39. The fourth-order valence-electron chi connectivity index (χ4n) is 1.13. The van der Waals surface area contributed by atoms with Crippen LogP contribution in [0.5, 0.6) is 11.5 Å². The maximum Gasteiger partial charge on any atom is 0.206 e. The molecule has 1 rings (SSSR count). The summed E-state index contributed by atoms with van der Waals surface area (Å²) < 4.78 is 5.11. The number of aromatic hydroxyl groups is 1. The minimum atomic E-state index is -1.18. The number of hydrogen-bond acceptors (Lipinski definition) is 4. The fraction of sp³-hybridized carbons (Fsp3) is 0.200. The van der Waals surface area contributed by atoms with Gasteiger partial charge in [0.15, 0.2) is 5.75 Å². The van der Waals surface area contributed by atoms with E-state index in [-0.39, 0.29) is 18.0 Å². The van der Waals surface area contributed by atoms with Gasteiger partial charge in [0.1, 0.15) is 12.4 Å². The van der Waals surface area contributed by atoms with Crippen LogP contribution in [0.3, 0.4) is 0 Å². The molecule has 0 aliphatic heterocycles. The predicted octanol–water partition coefficient (Wildman–Crippen LogP) is 0.116. The van der Waals surface area contributed by atoms with Gasteiger partial charge in [-0.15, -0.1) is 6.42 Å². The van der Waals surface area contributed by atoms with E-state index in [0.717, 1.165) is 0 Å². The van der Waals surface area contributed by atoms with Crippen molar-refractivity contribution in [2.75, 3.05) is 6.61 Å². The second kappa shape index (κ2) is 4.66. The van der Waals surface area contributed by atoms with Crippen molar-refractivity contribution in [1.29, 1.82) is 0 Å². The lowest BCUT2D eigenvalue weighted by Crippen LogP contribution is -2.99. The summed E-state index contributed by atoms with van der Waals surface area (Å²) in [6.45, 7) is 1.64. The van der Waals surface area contributed by atoms with E-state index in [0.29, 0.717) is 11.3 Å². The van der Waals surface area contributed by atoms with E-state index in [1.54, 1.807) is 6.92 Å². The first-order valence-corrected chi connectivity index (χ1v) is 4.20. The number of terminal acetylenes is 1. The number of rotatable bonds is 3. The van der Waals surface area contributed by atoms with Crippen molar-refractivity contribution in [1.82, 2.24) is 0 Å². The van der Waals surface area contributed by atoms with E-state index in [4.69, 9.17) is 16.4 Å². The van der Waals surface area contributed by atoms with Crippen LogP contribution in [0.2, 0.25) is 0 Å². The normalized spacial score (nSPS) is 11.9. The molecule has 1 aromatic carbocycles. The molecule has 0 heterocycles. The molecular weight excluding hydrogens is 198 g/mol. The lowest BCUT2D eigenvalue weighted by molar-refractivity contribution is -0.991. The van der Waals surface area contributed by atoms with Crippen LogP contribution in [0.1, 0.15) is 5.56 Å². The third-order valence-corrected chi connectivity index (χ3v) is 1.92. The van der Waals surface area contributed by atoms with Crippen molar-refractivity contribution < 1.29 is 20.3 Å². The Morgan fingerprint density at radius 1 is 1.60 bits per heavy atom. The van der Waals surface area contributed by atoms with Crippen LogP contribution in [0, 0.1) is 24.5 Å². The topological polar surface area (TPSA) is 77.2 Å². The molecule has 5 heteroatoms. The Labute approximate surface area is 87.1 Å². The number of ether oxygens (including phenoxy) is 1. The molecule has 1 aromatic rings. The molecule has 0 spiro atoms. The Morgan fingerprint density at radius 2 is 2.27 bits per heavy atom. The van der Waals surface area contributed by atoms with Crippen LogP contribution in [0.25, 0.3) is 0 Å². The van der Waals surface area contributed by atoms with Gasteiger partial charge in [-0.25, -0.2) is 5.21 Å². The molecule has 0 bridgehead atoms. The molecule has 0 aliphatic rings. The number of nitrogens with one attached hydrogen (secondary N) is 1. The van der Waals surface area contributed by atoms with E-state index in [2.05, 4.69) is 5.92 Å². The van der Waals surface area contributed by atoms with Crippen molar-refractivity contribution in [3.05, 3.63) is 22.9 Å². The molecule has 0 saturated carbocycles. The molecule has 0 amide bonds. The summed E-state index contributed by atoms with van der Waals surface area (Å²) in [5.74, 6) is 2.37. The highest BCUT2D eigenvalue weighted by Crippen LogP contribution is 2.31. The third-order valence-electron chi connectivity index (χ3n) is 1.92. The lowest BCUT2D eigenvalue weighted by Gasteiger charge is -2.15. The van der Waals surface area contributed by atoms with Crippen LogP contribution in [-0.4, -0.2) is 16.9 Å². The number of phenolic OH excluding ortho intramolecular Hbond substituents is 1. The van der Waals surface area contributed by atoms with Crippen LogP contribution in [-0.2, 0) is 0 Å². The van der Waals surface area contributed by atoms with Crippen LogP contribution >= 0.6 is 0 Å². The zero-order valence-corrected chi connectivity index (χ0v) is 8.15. The molecule has 3 N–H and O–H groups in total. The highest BCUT2D eigenvalue weighted by atomic mass is 16.8. The first-order valence-electron chi connectivity index (χ1n) is 4.20. The van der Waals surface area contributed by atoms with E-state index >= 15 is 0 Å². The second-order valence-corrected chi connectivity index (χ2v) is 2.88. The molecule has 5 nitrogen and oxygen atoms in total. The average molecular weight is 209 g/mol. The Bertz CT molecular complexity index is 395. The highest BCUT2D eigenvalue weighted by Gasteiger charge is 2.14. The number of benzene rings is 1.